The fraction of sp³-hybridized carbons (Fsp3) is 0.0769. The lowest BCUT2D eigenvalue weighted by Gasteiger charge is -2.07. The Morgan fingerprint density at radius 2 is 1.74 bits per heavy atom. The van der Waals surface area contributed by atoms with E-state index in [-0.39, 0.29) is 15.7 Å². The van der Waals surface area contributed by atoms with E-state index in [1.807, 2.05) is 6.92 Å². The maximum Gasteiger partial charge on any atom is 0.339 e. The predicted octanol–water partition coefficient (Wildman–Crippen LogP) is 3.56. The molecule has 0 aliphatic carbocycles. The summed E-state index contributed by atoms with van der Waals surface area (Å²) in [4.78, 5) is -0.00140. The second-order valence-corrected chi connectivity index (χ2v) is 5.94. The quantitative estimate of drug-likeness (QED) is 0.814. The van der Waals surface area contributed by atoms with Crippen molar-refractivity contribution in [1.82, 2.24) is 0 Å². The Hall–Kier alpha value is -1.59. The third kappa shape index (κ3) is 3.45. The summed E-state index contributed by atoms with van der Waals surface area (Å²) in [6, 6.07) is 9.39. The fourth-order valence-corrected chi connectivity index (χ4v) is 2.58. The van der Waals surface area contributed by atoms with Crippen LogP contribution in [0.15, 0.2) is 47.4 Å². The molecule has 0 saturated carbocycles. The van der Waals surface area contributed by atoms with Crippen molar-refractivity contribution in [3.05, 3.63) is 58.9 Å². The van der Waals surface area contributed by atoms with Gasteiger partial charge in [-0.25, -0.2) is 4.39 Å². The van der Waals surface area contributed by atoms with E-state index in [1.165, 1.54) is 18.2 Å². The van der Waals surface area contributed by atoms with E-state index in [1.54, 1.807) is 12.1 Å². The van der Waals surface area contributed by atoms with Gasteiger partial charge in [0.15, 0.2) is 0 Å². The summed E-state index contributed by atoms with van der Waals surface area (Å²) in [6.07, 6.45) is 0. The molecule has 0 aromatic heterocycles. The molecule has 0 atom stereocenters. The minimum absolute atomic E-state index is 0.00140. The third-order valence-corrected chi connectivity index (χ3v) is 3.83. The molecule has 100 valence electrons. The van der Waals surface area contributed by atoms with Crippen LogP contribution in [0.4, 0.5) is 4.39 Å². The third-order valence-electron chi connectivity index (χ3n) is 2.35. The van der Waals surface area contributed by atoms with Crippen LogP contribution in [-0.2, 0) is 10.1 Å². The summed E-state index contributed by atoms with van der Waals surface area (Å²) in [5.41, 5.74) is 0.924. The minimum atomic E-state index is -3.99. The summed E-state index contributed by atoms with van der Waals surface area (Å²) in [6.45, 7) is 1.84. The van der Waals surface area contributed by atoms with Crippen molar-refractivity contribution in [2.45, 2.75) is 11.8 Å². The van der Waals surface area contributed by atoms with Crippen molar-refractivity contribution >= 4 is 21.7 Å². The van der Waals surface area contributed by atoms with Gasteiger partial charge in [-0.2, -0.15) is 8.42 Å². The summed E-state index contributed by atoms with van der Waals surface area (Å²) in [5.74, 6) is -0.827. The molecule has 0 N–H and O–H groups in total. The molecule has 0 fully saturated rings. The van der Waals surface area contributed by atoms with Crippen LogP contribution in [0, 0.1) is 12.7 Å². The second kappa shape index (κ2) is 5.19. The van der Waals surface area contributed by atoms with E-state index < -0.39 is 15.9 Å². The number of aryl methyl sites for hydroxylation is 1. The lowest BCUT2D eigenvalue weighted by Crippen LogP contribution is -2.09. The smallest absolute Gasteiger partial charge is 0.339 e. The van der Waals surface area contributed by atoms with E-state index in [0.29, 0.717) is 0 Å². The molecule has 0 unspecified atom stereocenters. The summed E-state index contributed by atoms with van der Waals surface area (Å²) < 4.78 is 41.8. The van der Waals surface area contributed by atoms with Crippen LogP contribution in [0.3, 0.4) is 0 Å². The molecule has 19 heavy (non-hydrogen) atoms. The molecule has 0 heterocycles. The summed E-state index contributed by atoms with van der Waals surface area (Å²) in [7, 11) is -3.99. The molecule has 0 spiro atoms. The Labute approximate surface area is 115 Å². The first-order chi connectivity index (χ1) is 8.87. The SMILES string of the molecule is Cc1ccc(S(=O)(=O)Oc2cc(F)cc(Cl)c2)cc1. The molecule has 0 aliphatic rings. The number of hydrogen-bond donors (Lipinski definition) is 0. The first kappa shape index (κ1) is 13.8. The molecule has 0 amide bonds. The van der Waals surface area contributed by atoms with E-state index in [4.69, 9.17) is 15.8 Å². The van der Waals surface area contributed by atoms with E-state index in [0.717, 1.165) is 17.7 Å². The van der Waals surface area contributed by atoms with Crippen molar-refractivity contribution in [1.29, 1.82) is 0 Å². The highest BCUT2D eigenvalue weighted by Gasteiger charge is 2.17. The zero-order valence-corrected chi connectivity index (χ0v) is 11.5. The Kier molecular flexibility index (Phi) is 3.78. The molecule has 0 radical (unpaired) electrons. The van der Waals surface area contributed by atoms with Crippen LogP contribution in [0.25, 0.3) is 0 Å². The van der Waals surface area contributed by atoms with Gasteiger partial charge in [-0.05, 0) is 25.1 Å². The van der Waals surface area contributed by atoms with Crippen LogP contribution in [0.2, 0.25) is 5.02 Å². The molecule has 2 aromatic carbocycles. The Morgan fingerprint density at radius 1 is 1.11 bits per heavy atom. The topological polar surface area (TPSA) is 43.4 Å². The number of halogens is 2. The highest BCUT2D eigenvalue weighted by atomic mass is 35.5. The van der Waals surface area contributed by atoms with Crippen molar-refractivity contribution in [3.63, 3.8) is 0 Å². The normalized spacial score (nSPS) is 11.3. The molecule has 2 rings (SSSR count). The highest BCUT2D eigenvalue weighted by molar-refractivity contribution is 7.87. The first-order valence-electron chi connectivity index (χ1n) is 5.34. The Morgan fingerprint density at radius 3 is 2.32 bits per heavy atom. The molecule has 6 heteroatoms. The fourth-order valence-electron chi connectivity index (χ4n) is 1.46. The van der Waals surface area contributed by atoms with Crippen LogP contribution < -0.4 is 4.18 Å². The van der Waals surface area contributed by atoms with Gasteiger partial charge < -0.3 is 4.18 Å². The van der Waals surface area contributed by atoms with Gasteiger partial charge >= 0.3 is 10.1 Å². The van der Waals surface area contributed by atoms with Crippen molar-refractivity contribution in [3.8, 4) is 5.75 Å². The number of benzene rings is 2. The van der Waals surface area contributed by atoms with Gasteiger partial charge in [0.2, 0.25) is 0 Å². The molecular weight excluding hydrogens is 291 g/mol. The van der Waals surface area contributed by atoms with Gasteiger partial charge in [-0.15, -0.1) is 0 Å². The molecule has 0 saturated heterocycles. The van der Waals surface area contributed by atoms with Crippen LogP contribution in [0.5, 0.6) is 5.75 Å². The largest absolute Gasteiger partial charge is 0.379 e. The monoisotopic (exact) mass is 300 g/mol. The lowest BCUT2D eigenvalue weighted by atomic mass is 10.2. The molecule has 2 aromatic rings. The van der Waals surface area contributed by atoms with Gasteiger partial charge in [0.1, 0.15) is 16.5 Å². The summed E-state index contributed by atoms with van der Waals surface area (Å²) >= 11 is 5.63. The zero-order valence-electron chi connectivity index (χ0n) is 9.93. The van der Waals surface area contributed by atoms with Crippen molar-refractivity contribution in [2.75, 3.05) is 0 Å². The minimum Gasteiger partial charge on any atom is -0.379 e. The Balaban J connectivity index is 2.33. The van der Waals surface area contributed by atoms with Gasteiger partial charge in [0, 0.05) is 17.2 Å². The van der Waals surface area contributed by atoms with Crippen molar-refractivity contribution in [2.24, 2.45) is 0 Å². The lowest BCUT2D eigenvalue weighted by molar-refractivity contribution is 0.483. The average Bonchev–Trinajstić information content (AvgIpc) is 2.27. The first-order valence-corrected chi connectivity index (χ1v) is 7.13. The standard InChI is InChI=1S/C13H10ClFO3S/c1-9-2-4-13(5-3-9)19(16,17)18-12-7-10(14)6-11(15)8-12/h2-8H,1H3. The van der Waals surface area contributed by atoms with Crippen LogP contribution in [0.1, 0.15) is 5.56 Å². The maximum absolute atomic E-state index is 13.1. The van der Waals surface area contributed by atoms with Gasteiger partial charge in [0.05, 0.1) is 0 Å². The summed E-state index contributed by atoms with van der Waals surface area (Å²) in [5, 5.41) is 0.0640. The van der Waals surface area contributed by atoms with Gasteiger partial charge in [-0.3, -0.25) is 0 Å². The number of hydrogen-bond acceptors (Lipinski definition) is 3. The molecule has 0 aliphatic heterocycles. The van der Waals surface area contributed by atoms with Crippen LogP contribution >= 0.6 is 11.6 Å². The zero-order chi connectivity index (χ0) is 14.0. The molecular formula is C13H10ClFO3S. The van der Waals surface area contributed by atoms with Gasteiger partial charge in [0.25, 0.3) is 0 Å². The Bertz CT molecular complexity index is 676. The average molecular weight is 301 g/mol. The second-order valence-electron chi connectivity index (χ2n) is 3.96. The number of rotatable bonds is 3. The maximum atomic E-state index is 13.1. The van der Waals surface area contributed by atoms with Crippen LogP contribution in [-0.4, -0.2) is 8.42 Å². The molecule has 3 nitrogen and oxygen atoms in total. The van der Waals surface area contributed by atoms with Crippen molar-refractivity contribution < 1.29 is 17.0 Å². The highest BCUT2D eigenvalue weighted by Crippen LogP contribution is 2.23. The van der Waals surface area contributed by atoms with E-state index in [9.17, 15) is 12.8 Å². The van der Waals surface area contributed by atoms with E-state index >= 15 is 0 Å². The van der Waals surface area contributed by atoms with E-state index in [2.05, 4.69) is 0 Å². The molecule has 0 bridgehead atoms. The van der Waals surface area contributed by atoms with Gasteiger partial charge in [-0.1, -0.05) is 29.3 Å². The predicted molar refractivity (Wildman–Crippen MR) is 70.4 cm³/mol.